The monoisotopic (exact) mass is 261 g/mol. The quantitative estimate of drug-likeness (QED) is 0.884. The average molecular weight is 261 g/mol. The van der Waals surface area contributed by atoms with Gasteiger partial charge in [-0.25, -0.2) is 0 Å². The molecule has 0 saturated heterocycles. The van der Waals surface area contributed by atoms with Crippen LogP contribution in [-0.4, -0.2) is 28.6 Å². The van der Waals surface area contributed by atoms with Crippen LogP contribution >= 0.6 is 0 Å². The molecule has 0 radical (unpaired) electrons. The van der Waals surface area contributed by atoms with Crippen molar-refractivity contribution in [1.29, 1.82) is 0 Å². The lowest BCUT2D eigenvalue weighted by Gasteiger charge is -2.40. The van der Waals surface area contributed by atoms with Crippen LogP contribution in [0.2, 0.25) is 0 Å². The lowest BCUT2D eigenvalue weighted by atomic mass is 9.90. The zero-order valence-electron chi connectivity index (χ0n) is 11.8. The Balaban J connectivity index is 2.34. The maximum absolute atomic E-state index is 11.7. The predicted molar refractivity (Wildman–Crippen MR) is 76.2 cm³/mol. The summed E-state index contributed by atoms with van der Waals surface area (Å²) in [7, 11) is 0. The van der Waals surface area contributed by atoms with Crippen LogP contribution in [0.15, 0.2) is 24.3 Å². The van der Waals surface area contributed by atoms with E-state index >= 15 is 0 Å². The van der Waals surface area contributed by atoms with Gasteiger partial charge in [0.2, 0.25) is 0 Å². The average Bonchev–Trinajstić information content (AvgIpc) is 2.43. The van der Waals surface area contributed by atoms with Crippen molar-refractivity contribution in [3.05, 3.63) is 35.4 Å². The largest absolute Gasteiger partial charge is 0.480 e. The number of benzene rings is 1. The van der Waals surface area contributed by atoms with E-state index in [-0.39, 0.29) is 0 Å². The number of hydrogen-bond donors (Lipinski definition) is 1. The molecule has 1 heterocycles. The number of carboxylic acid groups (broad SMARTS) is 1. The molecular weight excluding hydrogens is 238 g/mol. The van der Waals surface area contributed by atoms with E-state index < -0.39 is 12.0 Å². The van der Waals surface area contributed by atoms with E-state index in [1.807, 2.05) is 18.2 Å². The number of nitrogens with zero attached hydrogens (tertiary/aromatic N) is 1. The van der Waals surface area contributed by atoms with Crippen molar-refractivity contribution in [3.63, 3.8) is 0 Å². The smallest absolute Gasteiger partial charge is 0.325 e. The normalized spacial score (nSPS) is 20.8. The molecule has 1 aliphatic heterocycles. The highest BCUT2D eigenvalue weighted by molar-refractivity contribution is 5.76. The van der Waals surface area contributed by atoms with Crippen LogP contribution in [0.5, 0.6) is 0 Å². The van der Waals surface area contributed by atoms with Crippen LogP contribution in [-0.2, 0) is 11.2 Å². The molecule has 2 rings (SSSR count). The van der Waals surface area contributed by atoms with E-state index in [1.54, 1.807) is 0 Å². The minimum atomic E-state index is -0.721. The third-order valence-electron chi connectivity index (χ3n) is 4.12. The van der Waals surface area contributed by atoms with Gasteiger partial charge in [0, 0.05) is 12.6 Å². The lowest BCUT2D eigenvalue weighted by molar-refractivity contribution is -0.145. The standard InChI is InChI=1S/C16H23NO2/c1-3-7-13(4-2)17-11-10-12-8-5-6-9-14(12)15(17)16(18)19/h5-6,8-9,13,15H,3-4,7,10-11H2,1-2H3,(H,18,19). The summed E-state index contributed by atoms with van der Waals surface area (Å²) >= 11 is 0. The van der Waals surface area contributed by atoms with Crippen LogP contribution in [0.1, 0.15) is 50.3 Å². The Kier molecular flexibility index (Phi) is 4.59. The summed E-state index contributed by atoms with van der Waals surface area (Å²) < 4.78 is 0. The fourth-order valence-electron chi connectivity index (χ4n) is 3.19. The molecule has 0 aliphatic carbocycles. The van der Waals surface area contributed by atoms with Crippen molar-refractivity contribution in [2.45, 2.75) is 51.6 Å². The van der Waals surface area contributed by atoms with Crippen LogP contribution < -0.4 is 0 Å². The van der Waals surface area contributed by atoms with Gasteiger partial charge in [-0.15, -0.1) is 0 Å². The molecule has 2 atom stereocenters. The molecule has 0 spiro atoms. The van der Waals surface area contributed by atoms with Crippen molar-refractivity contribution in [2.75, 3.05) is 6.54 Å². The van der Waals surface area contributed by atoms with Gasteiger partial charge in [0.1, 0.15) is 6.04 Å². The maximum Gasteiger partial charge on any atom is 0.325 e. The van der Waals surface area contributed by atoms with Crippen LogP contribution in [0.25, 0.3) is 0 Å². The molecule has 1 aromatic rings. The summed E-state index contributed by atoms with van der Waals surface area (Å²) in [6.07, 6.45) is 4.14. The molecule has 0 saturated carbocycles. The number of hydrogen-bond acceptors (Lipinski definition) is 2. The third-order valence-corrected chi connectivity index (χ3v) is 4.12. The Morgan fingerprint density at radius 2 is 2.16 bits per heavy atom. The minimum Gasteiger partial charge on any atom is -0.480 e. The molecule has 1 aliphatic rings. The highest BCUT2D eigenvalue weighted by Crippen LogP contribution is 2.33. The fraction of sp³-hybridized carbons (Fsp3) is 0.562. The van der Waals surface area contributed by atoms with E-state index in [2.05, 4.69) is 24.8 Å². The molecule has 0 amide bonds. The van der Waals surface area contributed by atoms with Gasteiger partial charge in [-0.2, -0.15) is 0 Å². The molecule has 3 nitrogen and oxygen atoms in total. The highest BCUT2D eigenvalue weighted by Gasteiger charge is 2.35. The van der Waals surface area contributed by atoms with Gasteiger partial charge in [-0.1, -0.05) is 44.5 Å². The summed E-state index contributed by atoms with van der Waals surface area (Å²) in [4.78, 5) is 13.9. The van der Waals surface area contributed by atoms with Crippen molar-refractivity contribution >= 4 is 5.97 Å². The molecule has 0 fully saturated rings. The van der Waals surface area contributed by atoms with E-state index in [0.29, 0.717) is 6.04 Å². The molecule has 0 bridgehead atoms. The van der Waals surface area contributed by atoms with Crippen LogP contribution in [0.3, 0.4) is 0 Å². The second-order valence-corrected chi connectivity index (χ2v) is 5.28. The molecule has 104 valence electrons. The highest BCUT2D eigenvalue weighted by atomic mass is 16.4. The Morgan fingerprint density at radius 1 is 1.42 bits per heavy atom. The number of rotatable bonds is 5. The summed E-state index contributed by atoms with van der Waals surface area (Å²) in [5.74, 6) is -0.721. The second kappa shape index (κ2) is 6.20. The first-order valence-corrected chi connectivity index (χ1v) is 7.25. The third kappa shape index (κ3) is 2.81. The first-order chi connectivity index (χ1) is 9.19. The second-order valence-electron chi connectivity index (χ2n) is 5.28. The van der Waals surface area contributed by atoms with E-state index in [4.69, 9.17) is 0 Å². The number of carbonyl (C=O) groups is 1. The number of aliphatic carboxylic acids is 1. The van der Waals surface area contributed by atoms with Crippen molar-refractivity contribution < 1.29 is 9.90 Å². The molecular formula is C16H23NO2. The fourth-order valence-corrected chi connectivity index (χ4v) is 3.19. The minimum absolute atomic E-state index is 0.374. The van der Waals surface area contributed by atoms with Crippen LogP contribution in [0.4, 0.5) is 0 Å². The first kappa shape index (κ1) is 14.1. The van der Waals surface area contributed by atoms with Crippen molar-refractivity contribution in [2.24, 2.45) is 0 Å². The van der Waals surface area contributed by atoms with E-state index in [1.165, 1.54) is 5.56 Å². The van der Waals surface area contributed by atoms with Crippen LogP contribution in [0, 0.1) is 0 Å². The van der Waals surface area contributed by atoms with Gasteiger partial charge in [-0.3, -0.25) is 9.69 Å². The summed E-state index contributed by atoms with van der Waals surface area (Å²) in [6.45, 7) is 5.17. The van der Waals surface area contributed by atoms with Gasteiger partial charge < -0.3 is 5.11 Å². The van der Waals surface area contributed by atoms with Gasteiger partial charge in [0.15, 0.2) is 0 Å². The van der Waals surface area contributed by atoms with Gasteiger partial charge >= 0.3 is 5.97 Å². The molecule has 1 N–H and O–H groups in total. The summed E-state index contributed by atoms with van der Waals surface area (Å²) in [5.41, 5.74) is 2.17. The predicted octanol–water partition coefficient (Wildman–Crippen LogP) is 3.25. The summed E-state index contributed by atoms with van der Waals surface area (Å²) in [5, 5.41) is 9.63. The van der Waals surface area contributed by atoms with Gasteiger partial charge in [0.25, 0.3) is 0 Å². The Bertz CT molecular complexity index is 444. The zero-order chi connectivity index (χ0) is 13.8. The lowest BCUT2D eigenvalue weighted by Crippen LogP contribution is -2.45. The summed E-state index contributed by atoms with van der Waals surface area (Å²) in [6, 6.07) is 7.87. The SMILES string of the molecule is CCCC(CC)N1CCc2ccccc2C1C(=O)O. The Labute approximate surface area is 115 Å². The van der Waals surface area contributed by atoms with E-state index in [0.717, 1.165) is 37.8 Å². The van der Waals surface area contributed by atoms with Gasteiger partial charge in [0.05, 0.1) is 0 Å². The van der Waals surface area contributed by atoms with E-state index in [9.17, 15) is 9.90 Å². The topological polar surface area (TPSA) is 40.5 Å². The van der Waals surface area contributed by atoms with Gasteiger partial charge in [-0.05, 0) is 30.4 Å². The maximum atomic E-state index is 11.7. The Hall–Kier alpha value is -1.35. The zero-order valence-corrected chi connectivity index (χ0v) is 11.8. The molecule has 0 aromatic heterocycles. The van der Waals surface area contributed by atoms with Crippen molar-refractivity contribution in [1.82, 2.24) is 4.90 Å². The Morgan fingerprint density at radius 3 is 2.79 bits per heavy atom. The first-order valence-electron chi connectivity index (χ1n) is 7.25. The molecule has 19 heavy (non-hydrogen) atoms. The number of carboxylic acids is 1. The molecule has 3 heteroatoms. The number of fused-ring (bicyclic) bond motifs is 1. The molecule has 1 aromatic carbocycles. The molecule has 2 unspecified atom stereocenters. The van der Waals surface area contributed by atoms with Crippen molar-refractivity contribution in [3.8, 4) is 0 Å².